The van der Waals surface area contributed by atoms with Crippen LogP contribution in [0, 0.1) is 11.8 Å². The molecule has 2 N–H and O–H groups in total. The number of aliphatic carboxylic acids is 2. The Kier molecular flexibility index (Phi) is 8.46. The third-order valence-electron chi connectivity index (χ3n) is 3.11. The molecule has 0 rings (SSSR count). The molecular weight excluding hydrogens is 220 g/mol. The zero-order chi connectivity index (χ0) is 13.3. The minimum absolute atomic E-state index is 0.295. The smallest absolute Gasteiger partial charge is 0.318 e. The number of carboxylic acid groups (broad SMARTS) is 2. The molecule has 0 aliphatic heterocycles. The average Bonchev–Trinajstić information content (AvgIpc) is 2.22. The van der Waals surface area contributed by atoms with Crippen LogP contribution in [0.25, 0.3) is 0 Å². The Balaban J connectivity index is 3.79. The summed E-state index contributed by atoms with van der Waals surface area (Å²) in [4.78, 5) is 21.6. The first-order valence-corrected chi connectivity index (χ1v) is 6.46. The Morgan fingerprint density at radius 2 is 1.41 bits per heavy atom. The van der Waals surface area contributed by atoms with Crippen molar-refractivity contribution in [2.24, 2.45) is 11.8 Å². The third-order valence-corrected chi connectivity index (χ3v) is 3.11. The molecule has 0 aliphatic rings. The van der Waals surface area contributed by atoms with Crippen molar-refractivity contribution in [2.75, 3.05) is 0 Å². The fraction of sp³-hybridized carbons (Fsp3) is 0.846. The van der Waals surface area contributed by atoms with Crippen molar-refractivity contribution < 1.29 is 19.8 Å². The van der Waals surface area contributed by atoms with E-state index in [1.807, 2.05) is 0 Å². The molecule has 100 valence electrons. The molecular formula is C13H24O4. The first-order chi connectivity index (χ1) is 8.00. The molecule has 0 amide bonds. The van der Waals surface area contributed by atoms with E-state index in [-0.39, 0.29) is 5.92 Å². The molecule has 0 saturated carbocycles. The van der Waals surface area contributed by atoms with Gasteiger partial charge in [0, 0.05) is 0 Å². The molecule has 0 fully saturated rings. The summed E-state index contributed by atoms with van der Waals surface area (Å²) in [6.07, 6.45) is 7.48. The van der Waals surface area contributed by atoms with Gasteiger partial charge in [0.25, 0.3) is 0 Å². The van der Waals surface area contributed by atoms with Crippen LogP contribution in [-0.4, -0.2) is 22.2 Å². The SMILES string of the molecule is CCCCCCCCC(C)C(C(=O)O)C(=O)O. The molecule has 0 aliphatic carbocycles. The van der Waals surface area contributed by atoms with Crippen LogP contribution >= 0.6 is 0 Å². The molecule has 4 heteroatoms. The van der Waals surface area contributed by atoms with E-state index in [2.05, 4.69) is 6.92 Å². The molecule has 0 saturated heterocycles. The second kappa shape index (κ2) is 9.02. The third kappa shape index (κ3) is 6.97. The van der Waals surface area contributed by atoms with Crippen LogP contribution < -0.4 is 0 Å². The van der Waals surface area contributed by atoms with Crippen LogP contribution in [0.15, 0.2) is 0 Å². The van der Waals surface area contributed by atoms with Crippen LogP contribution in [0.4, 0.5) is 0 Å². The number of carbonyl (C=O) groups is 2. The molecule has 0 radical (unpaired) electrons. The summed E-state index contributed by atoms with van der Waals surface area (Å²) in [5, 5.41) is 17.6. The Morgan fingerprint density at radius 3 is 1.88 bits per heavy atom. The maximum absolute atomic E-state index is 10.8. The van der Waals surface area contributed by atoms with Gasteiger partial charge in [0.15, 0.2) is 5.92 Å². The van der Waals surface area contributed by atoms with E-state index in [0.717, 1.165) is 19.3 Å². The molecule has 0 heterocycles. The lowest BCUT2D eigenvalue weighted by Gasteiger charge is -2.15. The molecule has 0 spiro atoms. The normalized spacial score (nSPS) is 12.6. The fourth-order valence-electron chi connectivity index (χ4n) is 2.01. The number of unbranched alkanes of at least 4 members (excludes halogenated alkanes) is 5. The fourth-order valence-corrected chi connectivity index (χ4v) is 2.01. The second-order valence-electron chi connectivity index (χ2n) is 4.69. The van der Waals surface area contributed by atoms with E-state index >= 15 is 0 Å². The maximum Gasteiger partial charge on any atom is 0.318 e. The van der Waals surface area contributed by atoms with Crippen LogP contribution in [0.1, 0.15) is 58.8 Å². The highest BCUT2D eigenvalue weighted by Gasteiger charge is 2.31. The summed E-state index contributed by atoms with van der Waals surface area (Å²) >= 11 is 0. The van der Waals surface area contributed by atoms with Crippen molar-refractivity contribution >= 4 is 11.9 Å². The van der Waals surface area contributed by atoms with Gasteiger partial charge in [-0.2, -0.15) is 0 Å². The van der Waals surface area contributed by atoms with Crippen molar-refractivity contribution in [3.8, 4) is 0 Å². The standard InChI is InChI=1S/C13H24O4/c1-3-4-5-6-7-8-9-10(2)11(12(14)15)13(16)17/h10-11H,3-9H2,1-2H3,(H,14,15)(H,16,17). The van der Waals surface area contributed by atoms with Crippen LogP contribution in [-0.2, 0) is 9.59 Å². The minimum atomic E-state index is -1.26. The predicted octanol–water partition coefficient (Wildman–Crippen LogP) is 3.16. The van der Waals surface area contributed by atoms with E-state index in [0.29, 0.717) is 6.42 Å². The largest absolute Gasteiger partial charge is 0.481 e. The van der Waals surface area contributed by atoms with Gasteiger partial charge in [-0.1, -0.05) is 52.4 Å². The van der Waals surface area contributed by atoms with Gasteiger partial charge in [0.2, 0.25) is 0 Å². The lowest BCUT2D eigenvalue weighted by Crippen LogP contribution is -2.29. The van der Waals surface area contributed by atoms with Gasteiger partial charge in [-0.15, -0.1) is 0 Å². The van der Waals surface area contributed by atoms with Crippen molar-refractivity contribution in [3.05, 3.63) is 0 Å². The number of rotatable bonds is 10. The zero-order valence-electron chi connectivity index (χ0n) is 10.8. The Hall–Kier alpha value is -1.06. The molecule has 1 unspecified atom stereocenters. The lowest BCUT2D eigenvalue weighted by atomic mass is 9.89. The summed E-state index contributed by atoms with van der Waals surface area (Å²) in [6, 6.07) is 0. The van der Waals surface area contributed by atoms with Gasteiger partial charge in [-0.3, -0.25) is 9.59 Å². The Bertz CT molecular complexity index is 224. The summed E-state index contributed by atoms with van der Waals surface area (Å²) < 4.78 is 0. The van der Waals surface area contributed by atoms with Crippen LogP contribution in [0.5, 0.6) is 0 Å². The molecule has 1 atom stereocenters. The summed E-state index contributed by atoms with van der Waals surface area (Å²) in [5.74, 6) is -4.01. The highest BCUT2D eigenvalue weighted by molar-refractivity contribution is 5.93. The predicted molar refractivity (Wildman–Crippen MR) is 65.9 cm³/mol. The highest BCUT2D eigenvalue weighted by atomic mass is 16.4. The molecule has 0 aromatic rings. The van der Waals surface area contributed by atoms with E-state index in [9.17, 15) is 9.59 Å². The van der Waals surface area contributed by atoms with Gasteiger partial charge in [-0.25, -0.2) is 0 Å². The highest BCUT2D eigenvalue weighted by Crippen LogP contribution is 2.20. The summed E-state index contributed by atoms with van der Waals surface area (Å²) in [5.41, 5.74) is 0. The van der Waals surface area contributed by atoms with Crippen molar-refractivity contribution in [1.29, 1.82) is 0 Å². The minimum Gasteiger partial charge on any atom is -0.481 e. The first-order valence-electron chi connectivity index (χ1n) is 6.46. The van der Waals surface area contributed by atoms with Gasteiger partial charge >= 0.3 is 11.9 Å². The lowest BCUT2D eigenvalue weighted by molar-refractivity contribution is -0.157. The number of hydrogen-bond donors (Lipinski definition) is 2. The zero-order valence-corrected chi connectivity index (χ0v) is 10.8. The molecule has 0 aromatic carbocycles. The second-order valence-corrected chi connectivity index (χ2v) is 4.69. The monoisotopic (exact) mass is 244 g/mol. The summed E-state index contributed by atoms with van der Waals surface area (Å²) in [7, 11) is 0. The topological polar surface area (TPSA) is 74.6 Å². The van der Waals surface area contributed by atoms with Crippen LogP contribution in [0.2, 0.25) is 0 Å². The molecule has 4 nitrogen and oxygen atoms in total. The van der Waals surface area contributed by atoms with E-state index in [1.54, 1.807) is 6.92 Å². The van der Waals surface area contributed by atoms with Crippen molar-refractivity contribution in [3.63, 3.8) is 0 Å². The quantitative estimate of drug-likeness (QED) is 0.457. The van der Waals surface area contributed by atoms with Crippen LogP contribution in [0.3, 0.4) is 0 Å². The van der Waals surface area contributed by atoms with Crippen molar-refractivity contribution in [2.45, 2.75) is 58.8 Å². The van der Waals surface area contributed by atoms with E-state index < -0.39 is 17.9 Å². The Morgan fingerprint density at radius 1 is 0.941 bits per heavy atom. The number of carboxylic acids is 2. The van der Waals surface area contributed by atoms with Gasteiger partial charge in [0.05, 0.1) is 0 Å². The maximum atomic E-state index is 10.8. The van der Waals surface area contributed by atoms with E-state index in [4.69, 9.17) is 10.2 Å². The molecule has 0 aromatic heterocycles. The first kappa shape index (κ1) is 15.9. The Labute approximate surface area is 103 Å². The van der Waals surface area contributed by atoms with E-state index in [1.165, 1.54) is 19.3 Å². The molecule has 17 heavy (non-hydrogen) atoms. The summed E-state index contributed by atoms with van der Waals surface area (Å²) in [6.45, 7) is 3.87. The van der Waals surface area contributed by atoms with Gasteiger partial charge in [-0.05, 0) is 12.3 Å². The van der Waals surface area contributed by atoms with Gasteiger partial charge < -0.3 is 10.2 Å². The van der Waals surface area contributed by atoms with Gasteiger partial charge in [0.1, 0.15) is 0 Å². The van der Waals surface area contributed by atoms with Crippen molar-refractivity contribution in [1.82, 2.24) is 0 Å². The molecule has 0 bridgehead atoms. The average molecular weight is 244 g/mol. The number of hydrogen-bond acceptors (Lipinski definition) is 2.